The molecular formula is C18H17N5O2. The van der Waals surface area contributed by atoms with Gasteiger partial charge in [-0.25, -0.2) is 4.98 Å². The number of ether oxygens (including phenoxy) is 1. The van der Waals surface area contributed by atoms with E-state index in [1.165, 1.54) is 0 Å². The van der Waals surface area contributed by atoms with Crippen LogP contribution in [0.2, 0.25) is 0 Å². The fourth-order valence-corrected chi connectivity index (χ4v) is 3.15. The van der Waals surface area contributed by atoms with Crippen LogP contribution < -0.4 is 5.32 Å². The summed E-state index contributed by atoms with van der Waals surface area (Å²) in [6, 6.07) is 6.14. The zero-order valence-electron chi connectivity index (χ0n) is 13.9. The molecule has 0 aliphatic carbocycles. The van der Waals surface area contributed by atoms with Crippen molar-refractivity contribution < 1.29 is 9.53 Å². The number of fused-ring (bicyclic) bond motifs is 3. The van der Waals surface area contributed by atoms with Gasteiger partial charge in [0.2, 0.25) is 0 Å². The van der Waals surface area contributed by atoms with E-state index in [1.54, 1.807) is 26.6 Å². The molecule has 3 aromatic heterocycles. The van der Waals surface area contributed by atoms with Crippen molar-refractivity contribution in [2.45, 2.75) is 6.61 Å². The molecule has 0 bridgehead atoms. The second kappa shape index (κ2) is 6.03. The molecule has 1 amide bonds. The average Bonchev–Trinajstić information content (AvgIpc) is 3.28. The molecule has 3 N–H and O–H groups in total. The van der Waals surface area contributed by atoms with Gasteiger partial charge in [0, 0.05) is 47.8 Å². The van der Waals surface area contributed by atoms with Gasteiger partial charge >= 0.3 is 0 Å². The largest absolute Gasteiger partial charge is 0.380 e. The van der Waals surface area contributed by atoms with Gasteiger partial charge in [-0.2, -0.15) is 5.10 Å². The number of carbonyl (C=O) groups is 1. The zero-order chi connectivity index (χ0) is 17.4. The van der Waals surface area contributed by atoms with Crippen LogP contribution in [0.15, 0.2) is 36.8 Å². The number of nitrogens with one attached hydrogen (secondary N) is 3. The molecule has 25 heavy (non-hydrogen) atoms. The Kier molecular flexibility index (Phi) is 3.70. The van der Waals surface area contributed by atoms with Gasteiger partial charge in [0.05, 0.1) is 24.5 Å². The topological polar surface area (TPSA) is 95.7 Å². The molecule has 7 heteroatoms. The maximum absolute atomic E-state index is 12.2. The minimum Gasteiger partial charge on any atom is -0.380 e. The van der Waals surface area contributed by atoms with Gasteiger partial charge < -0.3 is 15.0 Å². The average molecular weight is 335 g/mol. The third-order valence-corrected chi connectivity index (χ3v) is 4.30. The van der Waals surface area contributed by atoms with Crippen LogP contribution in [0.1, 0.15) is 16.1 Å². The fraction of sp³-hybridized carbons (Fsp3) is 0.167. The number of amides is 1. The first kappa shape index (κ1) is 15.3. The lowest BCUT2D eigenvalue weighted by Gasteiger charge is -2.09. The molecule has 0 atom stereocenters. The molecule has 0 aliphatic heterocycles. The molecular weight excluding hydrogens is 318 g/mol. The van der Waals surface area contributed by atoms with Gasteiger partial charge in [0.1, 0.15) is 5.69 Å². The van der Waals surface area contributed by atoms with E-state index >= 15 is 0 Å². The number of aromatic amines is 2. The van der Waals surface area contributed by atoms with Crippen LogP contribution in [0.25, 0.3) is 32.9 Å². The Morgan fingerprint density at radius 2 is 2.12 bits per heavy atom. The maximum atomic E-state index is 12.2. The Balaban J connectivity index is 2.04. The minimum atomic E-state index is -0.228. The SMILES string of the molecule is CNC(=O)c1ncc2[nH]c3ccc(-c4cn[nH]c4)cc3c2c1COC. The summed E-state index contributed by atoms with van der Waals surface area (Å²) >= 11 is 0. The van der Waals surface area contributed by atoms with Crippen molar-refractivity contribution in [2.24, 2.45) is 0 Å². The number of aromatic nitrogens is 4. The van der Waals surface area contributed by atoms with Gasteiger partial charge in [0.15, 0.2) is 0 Å². The number of methoxy groups -OCH3 is 1. The van der Waals surface area contributed by atoms with E-state index in [-0.39, 0.29) is 5.91 Å². The number of H-pyrrole nitrogens is 2. The van der Waals surface area contributed by atoms with Gasteiger partial charge in [-0.3, -0.25) is 9.89 Å². The first-order valence-corrected chi connectivity index (χ1v) is 7.86. The maximum Gasteiger partial charge on any atom is 0.270 e. The lowest BCUT2D eigenvalue weighted by molar-refractivity contribution is 0.0953. The van der Waals surface area contributed by atoms with E-state index in [9.17, 15) is 4.79 Å². The van der Waals surface area contributed by atoms with Crippen molar-refractivity contribution in [1.29, 1.82) is 0 Å². The van der Waals surface area contributed by atoms with E-state index in [0.29, 0.717) is 12.3 Å². The Morgan fingerprint density at radius 3 is 2.84 bits per heavy atom. The number of carbonyl (C=O) groups excluding carboxylic acids is 1. The van der Waals surface area contributed by atoms with Crippen LogP contribution >= 0.6 is 0 Å². The van der Waals surface area contributed by atoms with Crippen LogP contribution in [0.3, 0.4) is 0 Å². The van der Waals surface area contributed by atoms with Crippen LogP contribution in [0.4, 0.5) is 0 Å². The van der Waals surface area contributed by atoms with Crippen LogP contribution in [-0.4, -0.2) is 40.2 Å². The lowest BCUT2D eigenvalue weighted by atomic mass is 10.0. The second-order valence-electron chi connectivity index (χ2n) is 5.76. The van der Waals surface area contributed by atoms with Gasteiger partial charge in [-0.05, 0) is 17.7 Å². The van der Waals surface area contributed by atoms with E-state index in [1.807, 2.05) is 18.3 Å². The van der Waals surface area contributed by atoms with Crippen LogP contribution in [-0.2, 0) is 11.3 Å². The normalized spacial score (nSPS) is 11.3. The Morgan fingerprint density at radius 1 is 1.24 bits per heavy atom. The van der Waals surface area contributed by atoms with Gasteiger partial charge in [-0.15, -0.1) is 0 Å². The number of benzene rings is 1. The third-order valence-electron chi connectivity index (χ3n) is 4.30. The number of pyridine rings is 1. The van der Waals surface area contributed by atoms with Crippen molar-refractivity contribution >= 4 is 27.7 Å². The molecule has 7 nitrogen and oxygen atoms in total. The van der Waals surface area contributed by atoms with Crippen LogP contribution in [0.5, 0.6) is 0 Å². The van der Waals surface area contributed by atoms with Crippen molar-refractivity contribution in [1.82, 2.24) is 25.5 Å². The first-order chi connectivity index (χ1) is 12.2. The number of hydrogen-bond donors (Lipinski definition) is 3. The summed E-state index contributed by atoms with van der Waals surface area (Å²) in [7, 11) is 3.20. The lowest BCUT2D eigenvalue weighted by Crippen LogP contribution is -2.21. The number of nitrogens with zero attached hydrogens (tertiary/aromatic N) is 2. The van der Waals surface area contributed by atoms with Gasteiger partial charge in [-0.1, -0.05) is 6.07 Å². The molecule has 1 aromatic carbocycles. The monoisotopic (exact) mass is 335 g/mol. The molecule has 0 saturated carbocycles. The van der Waals surface area contributed by atoms with Gasteiger partial charge in [0.25, 0.3) is 5.91 Å². The Bertz CT molecular complexity index is 1070. The molecule has 3 heterocycles. The summed E-state index contributed by atoms with van der Waals surface area (Å²) < 4.78 is 5.34. The second-order valence-corrected chi connectivity index (χ2v) is 5.76. The molecule has 0 spiro atoms. The third kappa shape index (κ3) is 2.45. The van der Waals surface area contributed by atoms with E-state index in [2.05, 4.69) is 31.5 Å². The number of hydrogen-bond acceptors (Lipinski definition) is 4. The summed E-state index contributed by atoms with van der Waals surface area (Å²) in [5, 5.41) is 11.5. The zero-order valence-corrected chi connectivity index (χ0v) is 13.9. The summed E-state index contributed by atoms with van der Waals surface area (Å²) in [5.41, 5.74) is 5.06. The summed E-state index contributed by atoms with van der Waals surface area (Å²) in [5.74, 6) is -0.228. The highest BCUT2D eigenvalue weighted by molar-refractivity contribution is 6.12. The molecule has 0 fully saturated rings. The highest BCUT2D eigenvalue weighted by atomic mass is 16.5. The highest BCUT2D eigenvalue weighted by Crippen LogP contribution is 2.33. The van der Waals surface area contributed by atoms with Crippen molar-refractivity contribution in [3.63, 3.8) is 0 Å². The fourth-order valence-electron chi connectivity index (χ4n) is 3.15. The predicted molar refractivity (Wildman–Crippen MR) is 95.3 cm³/mol. The van der Waals surface area contributed by atoms with Crippen molar-refractivity contribution in [3.05, 3.63) is 48.0 Å². The molecule has 0 aliphatic rings. The Hall–Kier alpha value is -3.19. The predicted octanol–water partition coefficient (Wildman–Crippen LogP) is 2.61. The highest BCUT2D eigenvalue weighted by Gasteiger charge is 2.18. The molecule has 0 unspecified atom stereocenters. The van der Waals surface area contributed by atoms with Crippen LogP contribution in [0, 0.1) is 0 Å². The molecule has 4 rings (SSSR count). The van der Waals surface area contributed by atoms with E-state index in [4.69, 9.17) is 4.74 Å². The quantitative estimate of drug-likeness (QED) is 0.534. The van der Waals surface area contributed by atoms with Crippen molar-refractivity contribution in [3.8, 4) is 11.1 Å². The molecule has 0 saturated heterocycles. The molecule has 4 aromatic rings. The molecule has 126 valence electrons. The van der Waals surface area contributed by atoms with E-state index in [0.717, 1.165) is 38.5 Å². The minimum absolute atomic E-state index is 0.228. The summed E-state index contributed by atoms with van der Waals surface area (Å²) in [6.45, 7) is 0.302. The molecule has 0 radical (unpaired) electrons. The standard InChI is InChI=1S/C18H17N5O2/c1-19-18(24)17-13(9-25-2)16-12-5-10(11-6-21-22-7-11)3-4-14(12)23-15(16)8-20-17/h3-8,23H,9H2,1-2H3,(H,19,24)(H,21,22). The Labute approximate surface area is 143 Å². The smallest absolute Gasteiger partial charge is 0.270 e. The van der Waals surface area contributed by atoms with E-state index < -0.39 is 0 Å². The number of rotatable bonds is 4. The summed E-state index contributed by atoms with van der Waals surface area (Å²) in [6.07, 6.45) is 5.32. The van der Waals surface area contributed by atoms with Crippen molar-refractivity contribution in [2.75, 3.05) is 14.2 Å². The first-order valence-electron chi connectivity index (χ1n) is 7.86. The summed E-state index contributed by atoms with van der Waals surface area (Å²) in [4.78, 5) is 19.9.